The molecular weight excluding hydrogens is 440 g/mol. The lowest BCUT2D eigenvalue weighted by Crippen LogP contribution is -2.35. The average molecular weight is 469 g/mol. The van der Waals surface area contributed by atoms with Crippen LogP contribution in [0.3, 0.4) is 0 Å². The number of ether oxygens (including phenoxy) is 1. The van der Waals surface area contributed by atoms with E-state index in [0.29, 0.717) is 25.2 Å². The smallest absolute Gasteiger partial charge is 0.246 e. The van der Waals surface area contributed by atoms with Gasteiger partial charge in [0.05, 0.1) is 19.0 Å². The molecule has 1 amide bonds. The van der Waals surface area contributed by atoms with Gasteiger partial charge >= 0.3 is 0 Å². The second-order valence-electron chi connectivity index (χ2n) is 8.01. The third-order valence-corrected chi connectivity index (χ3v) is 7.60. The van der Waals surface area contributed by atoms with Crippen molar-refractivity contribution in [2.24, 2.45) is 0 Å². The first-order valence-electron chi connectivity index (χ1n) is 11.0. The number of amides is 1. The first-order chi connectivity index (χ1) is 16.0. The van der Waals surface area contributed by atoms with E-state index in [-0.39, 0.29) is 23.0 Å². The number of aryl methyl sites for hydroxylation is 1. The van der Waals surface area contributed by atoms with Crippen LogP contribution in [0.1, 0.15) is 31.2 Å². The summed E-state index contributed by atoms with van der Waals surface area (Å²) in [6, 6.07) is 14.5. The van der Waals surface area contributed by atoms with Crippen LogP contribution in [0.15, 0.2) is 65.8 Å². The van der Waals surface area contributed by atoms with Crippen molar-refractivity contribution in [1.82, 2.24) is 14.1 Å². The topological polar surface area (TPSA) is 93.5 Å². The number of nitrogens with zero attached hydrogens (tertiary/aromatic N) is 3. The van der Waals surface area contributed by atoms with Crippen LogP contribution in [0, 0.1) is 0 Å². The maximum absolute atomic E-state index is 13.2. The molecule has 0 radical (unpaired) electrons. The highest BCUT2D eigenvalue weighted by Gasteiger charge is 2.29. The minimum absolute atomic E-state index is 0.0776. The first kappa shape index (κ1) is 23.0. The Balaban J connectivity index is 1.42. The van der Waals surface area contributed by atoms with E-state index >= 15 is 0 Å². The minimum atomic E-state index is -3.70. The summed E-state index contributed by atoms with van der Waals surface area (Å²) in [6.45, 7) is 0.997. The molecule has 3 aromatic rings. The zero-order valence-corrected chi connectivity index (χ0v) is 19.4. The second-order valence-corrected chi connectivity index (χ2v) is 9.91. The minimum Gasteiger partial charge on any atom is -0.495 e. The molecule has 1 aromatic heterocycles. The van der Waals surface area contributed by atoms with E-state index in [0.717, 1.165) is 30.5 Å². The van der Waals surface area contributed by atoms with Gasteiger partial charge in [-0.2, -0.15) is 9.40 Å². The van der Waals surface area contributed by atoms with Gasteiger partial charge in [0, 0.05) is 31.4 Å². The summed E-state index contributed by atoms with van der Waals surface area (Å²) in [4.78, 5) is 12.6. The fraction of sp³-hybridized carbons (Fsp3) is 0.333. The predicted octanol–water partition coefficient (Wildman–Crippen LogP) is 3.63. The molecule has 1 saturated heterocycles. The monoisotopic (exact) mass is 468 g/mol. The SMILES string of the molecule is COc1ccc(NC(=O)CCc2cnn(-c3ccccc3)c2)cc1S(=O)(=O)N1CCCCC1. The van der Waals surface area contributed by atoms with E-state index in [1.807, 2.05) is 36.5 Å². The number of rotatable bonds is 8. The van der Waals surface area contributed by atoms with Crippen molar-refractivity contribution < 1.29 is 17.9 Å². The van der Waals surface area contributed by atoms with Crippen molar-refractivity contribution >= 4 is 21.6 Å². The number of piperidine rings is 1. The van der Waals surface area contributed by atoms with E-state index in [9.17, 15) is 13.2 Å². The maximum atomic E-state index is 13.2. The molecule has 1 aliphatic rings. The van der Waals surface area contributed by atoms with Crippen molar-refractivity contribution in [3.63, 3.8) is 0 Å². The molecule has 33 heavy (non-hydrogen) atoms. The van der Waals surface area contributed by atoms with Crippen molar-refractivity contribution in [2.45, 2.75) is 37.0 Å². The highest BCUT2D eigenvalue weighted by atomic mass is 32.2. The van der Waals surface area contributed by atoms with Crippen molar-refractivity contribution in [1.29, 1.82) is 0 Å². The zero-order chi connectivity index (χ0) is 23.3. The second kappa shape index (κ2) is 10.2. The molecule has 1 fully saturated rings. The molecule has 174 valence electrons. The van der Waals surface area contributed by atoms with E-state index in [4.69, 9.17) is 4.74 Å². The maximum Gasteiger partial charge on any atom is 0.246 e. The van der Waals surface area contributed by atoms with Gasteiger partial charge in [-0.1, -0.05) is 24.6 Å². The lowest BCUT2D eigenvalue weighted by molar-refractivity contribution is -0.116. The van der Waals surface area contributed by atoms with E-state index in [1.54, 1.807) is 23.0 Å². The third kappa shape index (κ3) is 5.43. The van der Waals surface area contributed by atoms with Crippen LogP contribution in [-0.4, -0.2) is 48.6 Å². The van der Waals surface area contributed by atoms with Crippen LogP contribution in [0.4, 0.5) is 5.69 Å². The van der Waals surface area contributed by atoms with Gasteiger partial charge in [0.25, 0.3) is 0 Å². The fourth-order valence-corrected chi connectivity index (χ4v) is 5.59. The summed E-state index contributed by atoms with van der Waals surface area (Å²) >= 11 is 0. The number of hydrogen-bond donors (Lipinski definition) is 1. The Morgan fingerprint density at radius 3 is 2.58 bits per heavy atom. The number of nitrogens with one attached hydrogen (secondary N) is 1. The lowest BCUT2D eigenvalue weighted by Gasteiger charge is -2.26. The van der Waals surface area contributed by atoms with Crippen LogP contribution >= 0.6 is 0 Å². The Hall–Kier alpha value is -3.17. The number of sulfonamides is 1. The molecular formula is C24H28N4O4S. The van der Waals surface area contributed by atoms with Gasteiger partial charge < -0.3 is 10.1 Å². The number of carbonyl (C=O) groups is 1. The average Bonchev–Trinajstić information content (AvgIpc) is 3.33. The molecule has 4 rings (SSSR count). The van der Waals surface area contributed by atoms with Gasteiger partial charge in [-0.15, -0.1) is 0 Å². The van der Waals surface area contributed by atoms with Gasteiger partial charge in [0.2, 0.25) is 15.9 Å². The van der Waals surface area contributed by atoms with Crippen LogP contribution in [0.5, 0.6) is 5.75 Å². The quantitative estimate of drug-likeness (QED) is 0.545. The summed E-state index contributed by atoms with van der Waals surface area (Å²) in [6.07, 6.45) is 7.14. The molecule has 0 spiro atoms. The van der Waals surface area contributed by atoms with Gasteiger partial charge in [-0.3, -0.25) is 4.79 Å². The Bertz CT molecular complexity index is 1200. The summed E-state index contributed by atoms with van der Waals surface area (Å²) in [5, 5.41) is 7.16. The molecule has 2 aromatic carbocycles. The number of hydrogen-bond acceptors (Lipinski definition) is 5. The summed E-state index contributed by atoms with van der Waals surface area (Å²) < 4.78 is 34.9. The summed E-state index contributed by atoms with van der Waals surface area (Å²) in [7, 11) is -2.25. The van der Waals surface area contributed by atoms with Crippen molar-refractivity contribution in [2.75, 3.05) is 25.5 Å². The number of anilines is 1. The normalized spacial score (nSPS) is 14.7. The molecule has 0 saturated carbocycles. The highest BCUT2D eigenvalue weighted by Crippen LogP contribution is 2.31. The molecule has 8 nitrogen and oxygen atoms in total. The number of para-hydroxylation sites is 1. The highest BCUT2D eigenvalue weighted by molar-refractivity contribution is 7.89. The van der Waals surface area contributed by atoms with Gasteiger partial charge in [-0.05, 0) is 55.2 Å². The van der Waals surface area contributed by atoms with E-state index in [2.05, 4.69) is 10.4 Å². The van der Waals surface area contributed by atoms with Crippen LogP contribution in [-0.2, 0) is 21.2 Å². The van der Waals surface area contributed by atoms with Gasteiger partial charge in [0.1, 0.15) is 10.6 Å². The standard InChI is InChI=1S/C24H28N4O4S/c1-32-22-12-11-20(16-23(22)33(30,31)27-14-6-3-7-15-27)26-24(29)13-10-19-17-25-28(18-19)21-8-4-2-5-9-21/h2,4-5,8-9,11-12,16-18H,3,6-7,10,13-15H2,1H3,(H,26,29). The summed E-state index contributed by atoms with van der Waals surface area (Å²) in [5.74, 6) is 0.0702. The number of methoxy groups -OCH3 is 1. The number of aromatic nitrogens is 2. The molecule has 0 aliphatic carbocycles. The van der Waals surface area contributed by atoms with E-state index < -0.39 is 10.0 Å². The van der Waals surface area contributed by atoms with Crippen molar-refractivity contribution in [3.05, 3.63) is 66.5 Å². The van der Waals surface area contributed by atoms with Gasteiger partial charge in [-0.25, -0.2) is 13.1 Å². The first-order valence-corrected chi connectivity index (χ1v) is 12.5. The molecule has 9 heteroatoms. The Kier molecular flexibility index (Phi) is 7.10. The van der Waals surface area contributed by atoms with E-state index in [1.165, 1.54) is 17.5 Å². The van der Waals surface area contributed by atoms with Crippen LogP contribution < -0.4 is 10.1 Å². The molecule has 2 heterocycles. The Labute approximate surface area is 194 Å². The fourth-order valence-electron chi connectivity index (χ4n) is 3.89. The number of carbonyl (C=O) groups excluding carboxylic acids is 1. The van der Waals surface area contributed by atoms with Crippen LogP contribution in [0.2, 0.25) is 0 Å². The summed E-state index contributed by atoms with van der Waals surface area (Å²) in [5.41, 5.74) is 2.32. The zero-order valence-electron chi connectivity index (χ0n) is 18.6. The molecule has 0 bridgehead atoms. The van der Waals surface area contributed by atoms with Crippen molar-refractivity contribution in [3.8, 4) is 11.4 Å². The molecule has 1 aliphatic heterocycles. The third-order valence-electron chi connectivity index (χ3n) is 5.68. The molecule has 0 unspecified atom stereocenters. The van der Waals surface area contributed by atoms with Gasteiger partial charge in [0.15, 0.2) is 0 Å². The van der Waals surface area contributed by atoms with Crippen LogP contribution in [0.25, 0.3) is 5.69 Å². The predicted molar refractivity (Wildman–Crippen MR) is 126 cm³/mol. The molecule has 1 N–H and O–H groups in total. The molecule has 0 atom stereocenters. The number of benzene rings is 2. The Morgan fingerprint density at radius 1 is 1.09 bits per heavy atom. The lowest BCUT2D eigenvalue weighted by atomic mass is 10.2. The Morgan fingerprint density at radius 2 is 1.85 bits per heavy atom. The largest absolute Gasteiger partial charge is 0.495 e.